The largest absolute Gasteiger partial charge is 0.616 e. The smallest absolute Gasteiger partial charge is 0.382 e. The van der Waals surface area contributed by atoms with Crippen molar-refractivity contribution in [2.45, 2.75) is 6.92 Å². The Kier molecular flexibility index (Phi) is 2.34. The zero-order chi connectivity index (χ0) is 8.43. The average molecular weight is 218 g/mol. The molecule has 0 aliphatic rings. The Balaban J connectivity index is 3.25. The van der Waals surface area contributed by atoms with Crippen LogP contribution < -0.4 is 9.47 Å². The quantitative estimate of drug-likeness (QED) is 0.527. The maximum Gasteiger partial charge on any atom is 0.382 e. The van der Waals surface area contributed by atoms with Crippen molar-refractivity contribution in [3.05, 3.63) is 27.5 Å². The molecule has 0 spiro atoms. The SMILES string of the molecule is COc1c(C)cc(Br)c[n+]1[O-]. The van der Waals surface area contributed by atoms with Crippen molar-refractivity contribution in [3.63, 3.8) is 0 Å². The Hall–Kier alpha value is -0.770. The maximum atomic E-state index is 11.1. The van der Waals surface area contributed by atoms with Gasteiger partial charge in [0.05, 0.1) is 17.1 Å². The number of rotatable bonds is 1. The minimum absolute atomic E-state index is 0.341. The second-order valence-corrected chi connectivity index (χ2v) is 3.09. The minimum atomic E-state index is 0.341. The normalized spacial score (nSPS) is 9.73. The van der Waals surface area contributed by atoms with E-state index in [-0.39, 0.29) is 0 Å². The van der Waals surface area contributed by atoms with Crippen molar-refractivity contribution in [2.75, 3.05) is 7.11 Å². The first kappa shape index (κ1) is 8.33. The molecule has 1 aromatic heterocycles. The Morgan fingerprint density at radius 2 is 2.27 bits per heavy atom. The van der Waals surface area contributed by atoms with Gasteiger partial charge >= 0.3 is 5.88 Å². The molecule has 3 nitrogen and oxygen atoms in total. The van der Waals surface area contributed by atoms with Crippen LogP contribution in [0.1, 0.15) is 5.56 Å². The van der Waals surface area contributed by atoms with Gasteiger partial charge in [-0.3, -0.25) is 0 Å². The van der Waals surface area contributed by atoms with E-state index in [0.29, 0.717) is 10.6 Å². The number of aryl methyl sites for hydroxylation is 1. The third-order valence-electron chi connectivity index (χ3n) is 1.33. The second-order valence-electron chi connectivity index (χ2n) is 2.18. The number of aromatic nitrogens is 1. The summed E-state index contributed by atoms with van der Waals surface area (Å²) < 4.78 is 6.31. The van der Waals surface area contributed by atoms with Gasteiger partial charge in [-0.2, -0.15) is 0 Å². The summed E-state index contributed by atoms with van der Waals surface area (Å²) >= 11 is 3.20. The fourth-order valence-electron chi connectivity index (χ4n) is 0.901. The van der Waals surface area contributed by atoms with Gasteiger partial charge in [-0.05, 0) is 28.9 Å². The summed E-state index contributed by atoms with van der Waals surface area (Å²) in [4.78, 5) is 0. The Bertz CT molecular complexity index is 252. The molecule has 4 heteroatoms. The Labute approximate surface area is 73.3 Å². The lowest BCUT2D eigenvalue weighted by Gasteiger charge is -2.04. The second kappa shape index (κ2) is 3.09. The molecule has 60 valence electrons. The van der Waals surface area contributed by atoms with Crippen molar-refractivity contribution in [2.24, 2.45) is 0 Å². The van der Waals surface area contributed by atoms with Gasteiger partial charge in [0.1, 0.15) is 0 Å². The molecule has 0 N–H and O–H groups in total. The van der Waals surface area contributed by atoms with Gasteiger partial charge in [0.15, 0.2) is 6.20 Å². The molecule has 0 atom stereocenters. The fraction of sp³-hybridized carbons (Fsp3) is 0.286. The summed E-state index contributed by atoms with van der Waals surface area (Å²) in [6.45, 7) is 1.82. The third-order valence-corrected chi connectivity index (χ3v) is 1.76. The molecule has 0 radical (unpaired) electrons. The van der Waals surface area contributed by atoms with Crippen molar-refractivity contribution in [3.8, 4) is 5.88 Å². The van der Waals surface area contributed by atoms with E-state index in [1.807, 2.05) is 13.0 Å². The molecule has 0 aliphatic carbocycles. The molecule has 0 saturated carbocycles. The van der Waals surface area contributed by atoms with E-state index in [9.17, 15) is 5.21 Å². The van der Waals surface area contributed by atoms with Crippen molar-refractivity contribution >= 4 is 15.9 Å². The van der Waals surface area contributed by atoms with Gasteiger partial charge in [-0.15, -0.1) is 4.73 Å². The number of pyridine rings is 1. The topological polar surface area (TPSA) is 36.2 Å². The van der Waals surface area contributed by atoms with Gasteiger partial charge in [-0.25, -0.2) is 0 Å². The summed E-state index contributed by atoms with van der Waals surface area (Å²) in [5.41, 5.74) is 0.817. The fourth-order valence-corrected chi connectivity index (χ4v) is 1.43. The number of methoxy groups -OCH3 is 1. The predicted molar refractivity (Wildman–Crippen MR) is 44.4 cm³/mol. The number of hydrogen-bond acceptors (Lipinski definition) is 2. The average Bonchev–Trinajstić information content (AvgIpc) is 1.85. The first-order chi connectivity index (χ1) is 5.15. The minimum Gasteiger partial charge on any atom is -0.616 e. The van der Waals surface area contributed by atoms with Crippen LogP contribution in [0.2, 0.25) is 0 Å². The van der Waals surface area contributed by atoms with Crippen molar-refractivity contribution < 1.29 is 9.47 Å². The summed E-state index contributed by atoms with van der Waals surface area (Å²) in [6, 6.07) is 1.83. The Morgan fingerprint density at radius 3 is 2.73 bits per heavy atom. The standard InChI is InChI=1S/C7H8BrNO2/c1-5-3-6(8)4-9(10)7(5)11-2/h3-4H,1-2H3. The highest BCUT2D eigenvalue weighted by atomic mass is 79.9. The maximum absolute atomic E-state index is 11.1. The molecule has 0 amide bonds. The first-order valence-electron chi connectivity index (χ1n) is 3.08. The van der Waals surface area contributed by atoms with Crippen molar-refractivity contribution in [1.29, 1.82) is 0 Å². The molecule has 0 saturated heterocycles. The van der Waals surface area contributed by atoms with E-state index in [4.69, 9.17) is 4.74 Å². The van der Waals surface area contributed by atoms with Crippen LogP contribution in [-0.2, 0) is 0 Å². The highest BCUT2D eigenvalue weighted by Gasteiger charge is 2.09. The van der Waals surface area contributed by atoms with E-state index in [1.54, 1.807) is 0 Å². The van der Waals surface area contributed by atoms with Crippen LogP contribution in [0, 0.1) is 12.1 Å². The summed E-state index contributed by atoms with van der Waals surface area (Å²) in [7, 11) is 1.48. The van der Waals surface area contributed by atoms with Gasteiger partial charge in [0.25, 0.3) is 0 Å². The van der Waals surface area contributed by atoms with Gasteiger partial charge < -0.3 is 9.94 Å². The highest BCUT2D eigenvalue weighted by molar-refractivity contribution is 9.10. The molecular weight excluding hydrogens is 210 g/mol. The zero-order valence-corrected chi connectivity index (χ0v) is 7.88. The lowest BCUT2D eigenvalue weighted by Crippen LogP contribution is -2.28. The van der Waals surface area contributed by atoms with Crippen molar-refractivity contribution in [1.82, 2.24) is 0 Å². The Morgan fingerprint density at radius 1 is 1.64 bits per heavy atom. The molecule has 1 rings (SSSR count). The molecule has 0 aromatic carbocycles. The molecule has 0 fully saturated rings. The lowest BCUT2D eigenvalue weighted by atomic mass is 10.3. The zero-order valence-electron chi connectivity index (χ0n) is 6.30. The van der Waals surface area contributed by atoms with E-state index >= 15 is 0 Å². The van der Waals surface area contributed by atoms with Crippen LogP contribution in [0.5, 0.6) is 5.88 Å². The highest BCUT2D eigenvalue weighted by Crippen LogP contribution is 2.15. The predicted octanol–water partition coefficient (Wildman–Crippen LogP) is 1.40. The summed E-state index contributed by atoms with van der Waals surface area (Å²) in [5.74, 6) is 0.341. The molecule has 1 aromatic rings. The van der Waals surface area contributed by atoms with Crippen LogP contribution in [0.15, 0.2) is 16.7 Å². The molecule has 0 unspecified atom stereocenters. The molecule has 11 heavy (non-hydrogen) atoms. The van der Waals surface area contributed by atoms with Crippen LogP contribution >= 0.6 is 15.9 Å². The van der Waals surface area contributed by atoms with Gasteiger partial charge in [0.2, 0.25) is 0 Å². The first-order valence-corrected chi connectivity index (χ1v) is 3.87. The van der Waals surface area contributed by atoms with Crippen LogP contribution in [0.25, 0.3) is 0 Å². The molecule has 0 aliphatic heterocycles. The van der Waals surface area contributed by atoms with Gasteiger partial charge in [-0.1, -0.05) is 0 Å². The number of nitrogens with zero attached hydrogens (tertiary/aromatic N) is 1. The third kappa shape index (κ3) is 1.63. The number of hydrogen-bond donors (Lipinski definition) is 0. The van der Waals surface area contributed by atoms with E-state index in [0.717, 1.165) is 10.0 Å². The number of ether oxygens (including phenoxy) is 1. The van der Waals surface area contributed by atoms with E-state index < -0.39 is 0 Å². The van der Waals surface area contributed by atoms with Crippen LogP contribution in [0.4, 0.5) is 0 Å². The van der Waals surface area contributed by atoms with E-state index in [2.05, 4.69) is 15.9 Å². The summed E-state index contributed by atoms with van der Waals surface area (Å²) in [6.07, 6.45) is 1.41. The molecular formula is C7H8BrNO2. The molecule has 0 bridgehead atoms. The lowest BCUT2D eigenvalue weighted by molar-refractivity contribution is -0.613. The van der Waals surface area contributed by atoms with Gasteiger partial charge in [0, 0.05) is 0 Å². The van der Waals surface area contributed by atoms with Crippen LogP contribution in [-0.4, -0.2) is 7.11 Å². The number of halogens is 1. The molecule has 1 heterocycles. The summed E-state index contributed by atoms with van der Waals surface area (Å²) in [5, 5.41) is 11.1. The van der Waals surface area contributed by atoms with Crippen LogP contribution in [0.3, 0.4) is 0 Å². The monoisotopic (exact) mass is 217 g/mol. The van der Waals surface area contributed by atoms with E-state index in [1.165, 1.54) is 13.3 Å².